The first-order chi connectivity index (χ1) is 8.22. The second kappa shape index (κ2) is 4.01. The largest absolute Gasteiger partial charge is 0.386 e. The second-order valence-corrected chi connectivity index (χ2v) is 5.29. The van der Waals surface area contributed by atoms with Gasteiger partial charge in [-0.05, 0) is 6.07 Å². The van der Waals surface area contributed by atoms with E-state index in [-0.39, 0.29) is 18.3 Å². The highest BCUT2D eigenvalue weighted by Crippen LogP contribution is 2.39. The van der Waals surface area contributed by atoms with Crippen LogP contribution in [0.15, 0.2) is 12.3 Å². The molecule has 0 unspecified atom stereocenters. The normalized spacial score (nSPS) is 26.1. The van der Waals surface area contributed by atoms with Gasteiger partial charge in [0.05, 0.1) is 6.54 Å². The van der Waals surface area contributed by atoms with Crippen molar-refractivity contribution in [3.05, 3.63) is 12.3 Å². The van der Waals surface area contributed by atoms with Crippen molar-refractivity contribution < 1.29 is 13.9 Å². The third-order valence-electron chi connectivity index (χ3n) is 3.09. The number of nitrogens with zero attached hydrogens (tertiary/aromatic N) is 3. The molecule has 18 heavy (non-hydrogen) atoms. The van der Waals surface area contributed by atoms with Crippen LogP contribution in [0.4, 0.5) is 20.5 Å². The van der Waals surface area contributed by atoms with E-state index in [1.54, 1.807) is 13.8 Å². The first-order valence-electron chi connectivity index (χ1n) is 5.62. The van der Waals surface area contributed by atoms with Crippen molar-refractivity contribution in [3.8, 4) is 0 Å². The number of anilines is 2. The maximum atomic E-state index is 13.8. The van der Waals surface area contributed by atoms with Gasteiger partial charge in [0, 0.05) is 18.2 Å². The lowest BCUT2D eigenvalue weighted by atomic mass is 9.79. The number of alkyl halides is 2. The van der Waals surface area contributed by atoms with E-state index in [1.807, 2.05) is 0 Å². The molecule has 0 amide bonds. The summed E-state index contributed by atoms with van der Waals surface area (Å²) in [5, 5.41) is 9.64. The fourth-order valence-corrected chi connectivity index (χ4v) is 2.20. The molecule has 7 heteroatoms. The standard InChI is InChI=1S/C11H16F2N4O/c1-10(2)5-17(6-11(12,13)8(10)18)9-15-4-3-7(14)16-9/h3-4,8,18H,5-6H2,1-2H3,(H2,14,15,16)/t8-/m1/s1. The van der Waals surface area contributed by atoms with E-state index in [4.69, 9.17) is 5.73 Å². The summed E-state index contributed by atoms with van der Waals surface area (Å²) in [5.41, 5.74) is 4.56. The predicted molar refractivity (Wildman–Crippen MR) is 63.4 cm³/mol. The van der Waals surface area contributed by atoms with Gasteiger partial charge in [-0.3, -0.25) is 0 Å². The molecule has 1 aromatic heterocycles. The number of hydrogen-bond donors (Lipinski definition) is 2. The zero-order valence-corrected chi connectivity index (χ0v) is 10.3. The minimum Gasteiger partial charge on any atom is -0.386 e. The minimum atomic E-state index is -3.20. The van der Waals surface area contributed by atoms with E-state index >= 15 is 0 Å². The maximum absolute atomic E-state index is 13.8. The Balaban J connectivity index is 2.31. The highest BCUT2D eigenvalue weighted by Gasteiger charge is 2.53. The van der Waals surface area contributed by atoms with Gasteiger partial charge in [0.2, 0.25) is 5.95 Å². The van der Waals surface area contributed by atoms with E-state index in [0.29, 0.717) is 0 Å². The third-order valence-corrected chi connectivity index (χ3v) is 3.09. The molecule has 1 saturated heterocycles. The summed E-state index contributed by atoms with van der Waals surface area (Å²) in [5.74, 6) is -2.81. The van der Waals surface area contributed by atoms with Gasteiger partial charge in [-0.1, -0.05) is 13.8 Å². The first-order valence-corrected chi connectivity index (χ1v) is 5.62. The number of nitrogen functional groups attached to an aromatic ring is 1. The zero-order valence-electron chi connectivity index (χ0n) is 10.3. The fraction of sp³-hybridized carbons (Fsp3) is 0.636. The Kier molecular flexibility index (Phi) is 2.89. The van der Waals surface area contributed by atoms with Crippen LogP contribution in [0.25, 0.3) is 0 Å². The van der Waals surface area contributed by atoms with Gasteiger partial charge in [0.15, 0.2) is 0 Å². The SMILES string of the molecule is CC1(C)CN(c2nccc(N)n2)CC(F)(F)[C@@H]1O. The Morgan fingerprint density at radius 3 is 2.67 bits per heavy atom. The van der Waals surface area contributed by atoms with Gasteiger partial charge in [-0.25, -0.2) is 13.8 Å². The molecule has 0 radical (unpaired) electrons. The molecular weight excluding hydrogens is 242 g/mol. The molecule has 1 fully saturated rings. The van der Waals surface area contributed by atoms with Crippen molar-refractivity contribution in [3.63, 3.8) is 0 Å². The summed E-state index contributed by atoms with van der Waals surface area (Å²) in [6.07, 6.45) is -0.254. The maximum Gasteiger partial charge on any atom is 0.291 e. The number of rotatable bonds is 1. The van der Waals surface area contributed by atoms with Crippen LogP contribution >= 0.6 is 0 Å². The summed E-state index contributed by atoms with van der Waals surface area (Å²) in [6, 6.07) is 1.49. The summed E-state index contributed by atoms with van der Waals surface area (Å²) in [7, 11) is 0. The van der Waals surface area contributed by atoms with Gasteiger partial charge in [0.25, 0.3) is 5.92 Å². The summed E-state index contributed by atoms with van der Waals surface area (Å²) in [4.78, 5) is 9.22. The molecule has 0 aliphatic carbocycles. The van der Waals surface area contributed by atoms with E-state index < -0.39 is 24.0 Å². The van der Waals surface area contributed by atoms with Gasteiger partial charge in [-0.15, -0.1) is 0 Å². The predicted octanol–water partition coefficient (Wildman–Crippen LogP) is 0.901. The number of nitrogens with two attached hydrogens (primary N) is 1. The number of aromatic nitrogens is 2. The number of halogens is 2. The topological polar surface area (TPSA) is 75.3 Å². The molecule has 0 saturated carbocycles. The van der Waals surface area contributed by atoms with Gasteiger partial charge in [-0.2, -0.15) is 4.98 Å². The Labute approximate surface area is 104 Å². The third kappa shape index (κ3) is 2.22. The van der Waals surface area contributed by atoms with Crippen molar-refractivity contribution in [1.82, 2.24) is 9.97 Å². The molecule has 1 aromatic rings. The van der Waals surface area contributed by atoms with Crippen LogP contribution in [0.5, 0.6) is 0 Å². The van der Waals surface area contributed by atoms with Crippen LogP contribution < -0.4 is 10.6 Å². The molecule has 2 heterocycles. The Morgan fingerprint density at radius 2 is 2.11 bits per heavy atom. The molecule has 1 aliphatic rings. The fourth-order valence-electron chi connectivity index (χ4n) is 2.20. The van der Waals surface area contributed by atoms with Crippen molar-refractivity contribution in [2.45, 2.75) is 25.9 Å². The number of aliphatic hydroxyl groups excluding tert-OH is 1. The number of aliphatic hydroxyl groups is 1. The molecule has 1 aliphatic heterocycles. The van der Waals surface area contributed by atoms with E-state index in [2.05, 4.69) is 9.97 Å². The van der Waals surface area contributed by atoms with Crippen molar-refractivity contribution in [2.24, 2.45) is 5.41 Å². The van der Waals surface area contributed by atoms with Crippen molar-refractivity contribution in [1.29, 1.82) is 0 Å². The summed E-state index contributed by atoms with van der Waals surface area (Å²) in [6.45, 7) is 2.81. The van der Waals surface area contributed by atoms with E-state index in [9.17, 15) is 13.9 Å². The Hall–Kier alpha value is -1.50. The van der Waals surface area contributed by atoms with Crippen LogP contribution in [0.3, 0.4) is 0 Å². The molecule has 100 valence electrons. The molecular formula is C11H16F2N4O. The van der Waals surface area contributed by atoms with Crippen molar-refractivity contribution in [2.75, 3.05) is 23.7 Å². The second-order valence-electron chi connectivity index (χ2n) is 5.29. The smallest absolute Gasteiger partial charge is 0.291 e. The summed E-state index contributed by atoms with van der Waals surface area (Å²) < 4.78 is 27.5. The van der Waals surface area contributed by atoms with Gasteiger partial charge in [0.1, 0.15) is 11.9 Å². The zero-order chi connectivity index (χ0) is 13.6. The lowest BCUT2D eigenvalue weighted by Gasteiger charge is -2.45. The van der Waals surface area contributed by atoms with Crippen LogP contribution in [-0.4, -0.2) is 40.2 Å². The van der Waals surface area contributed by atoms with Crippen LogP contribution in [0.1, 0.15) is 13.8 Å². The Morgan fingerprint density at radius 1 is 1.44 bits per heavy atom. The number of hydrogen-bond acceptors (Lipinski definition) is 5. The Bertz CT molecular complexity index is 434. The average molecular weight is 258 g/mol. The quantitative estimate of drug-likeness (QED) is 0.782. The molecule has 0 aromatic carbocycles. The van der Waals surface area contributed by atoms with E-state index in [0.717, 1.165) is 0 Å². The van der Waals surface area contributed by atoms with Crippen LogP contribution in [-0.2, 0) is 0 Å². The molecule has 0 bridgehead atoms. The monoisotopic (exact) mass is 258 g/mol. The molecule has 0 spiro atoms. The van der Waals surface area contributed by atoms with Crippen LogP contribution in [0, 0.1) is 5.41 Å². The highest BCUT2D eigenvalue weighted by molar-refractivity contribution is 5.39. The van der Waals surface area contributed by atoms with Crippen LogP contribution in [0.2, 0.25) is 0 Å². The summed E-state index contributed by atoms with van der Waals surface area (Å²) >= 11 is 0. The lowest BCUT2D eigenvalue weighted by molar-refractivity contribution is -0.160. The minimum absolute atomic E-state index is 0.162. The highest BCUT2D eigenvalue weighted by atomic mass is 19.3. The molecule has 2 rings (SSSR count). The average Bonchev–Trinajstić information content (AvgIpc) is 2.25. The van der Waals surface area contributed by atoms with Crippen molar-refractivity contribution >= 4 is 11.8 Å². The van der Waals surface area contributed by atoms with Gasteiger partial charge >= 0.3 is 0 Å². The molecule has 3 N–H and O–H groups in total. The first kappa shape index (κ1) is 12.9. The molecule has 5 nitrogen and oxygen atoms in total. The number of piperidine rings is 1. The molecule has 1 atom stereocenters. The lowest BCUT2D eigenvalue weighted by Crippen LogP contribution is -2.61. The van der Waals surface area contributed by atoms with Gasteiger partial charge < -0.3 is 15.7 Å². The van der Waals surface area contributed by atoms with E-state index in [1.165, 1.54) is 17.2 Å².